The number of halogens is 1. The number of nitrogens with one attached hydrogen (secondary N) is 1. The molecule has 4 nitrogen and oxygen atoms in total. The number of carbonyl (C=O) groups is 2. The van der Waals surface area contributed by atoms with Gasteiger partial charge in [0.15, 0.2) is 0 Å². The van der Waals surface area contributed by atoms with E-state index in [1.165, 1.54) is 0 Å². The first kappa shape index (κ1) is 12.8. The minimum Gasteiger partial charge on any atom is -0.357 e. The number of likely N-dealkylation sites (N-methyl/N-ethyl adjacent to an activating group) is 1. The predicted octanol–water partition coefficient (Wildman–Crippen LogP) is 1.70. The molecule has 1 unspecified atom stereocenters. The molecule has 92 valence electrons. The number of likely N-dealkylation sites (tertiary alicyclic amines) is 1. The second kappa shape index (κ2) is 5.34. The molecule has 17 heavy (non-hydrogen) atoms. The van der Waals surface area contributed by atoms with E-state index in [1.807, 2.05) is 11.4 Å². The molecule has 1 aromatic heterocycles. The van der Waals surface area contributed by atoms with Crippen molar-refractivity contribution in [3.63, 3.8) is 0 Å². The molecular formula is C11H13IN2O2S. The Bertz CT molecular complexity index is 446. The third kappa shape index (κ3) is 2.62. The van der Waals surface area contributed by atoms with Gasteiger partial charge in [-0.1, -0.05) is 0 Å². The van der Waals surface area contributed by atoms with E-state index in [0.717, 1.165) is 15.7 Å². The number of hydrogen-bond donors (Lipinski definition) is 1. The van der Waals surface area contributed by atoms with Crippen LogP contribution in [0.25, 0.3) is 0 Å². The summed E-state index contributed by atoms with van der Waals surface area (Å²) in [5.41, 5.74) is 0.690. The van der Waals surface area contributed by atoms with Gasteiger partial charge < -0.3 is 10.2 Å². The summed E-state index contributed by atoms with van der Waals surface area (Å²) in [5.74, 6) is -0.101. The molecule has 1 saturated heterocycles. The summed E-state index contributed by atoms with van der Waals surface area (Å²) in [6.07, 6.45) is 1.65. The Hall–Kier alpha value is -0.630. The second-order valence-electron chi connectivity index (χ2n) is 3.91. The smallest absolute Gasteiger partial charge is 0.255 e. The Morgan fingerprint density at radius 1 is 1.59 bits per heavy atom. The van der Waals surface area contributed by atoms with E-state index in [2.05, 4.69) is 27.9 Å². The van der Waals surface area contributed by atoms with Gasteiger partial charge in [-0.05, 0) is 41.5 Å². The van der Waals surface area contributed by atoms with Crippen molar-refractivity contribution in [2.45, 2.75) is 18.9 Å². The number of hydrogen-bond acceptors (Lipinski definition) is 3. The van der Waals surface area contributed by atoms with Crippen LogP contribution in [0.2, 0.25) is 0 Å². The van der Waals surface area contributed by atoms with E-state index in [0.29, 0.717) is 12.1 Å². The monoisotopic (exact) mass is 364 g/mol. The topological polar surface area (TPSA) is 49.4 Å². The van der Waals surface area contributed by atoms with E-state index < -0.39 is 0 Å². The van der Waals surface area contributed by atoms with E-state index in [4.69, 9.17) is 0 Å². The fraction of sp³-hybridized carbons (Fsp3) is 0.455. The summed E-state index contributed by atoms with van der Waals surface area (Å²) in [6, 6.07) is 1.57. The first-order chi connectivity index (χ1) is 8.13. The zero-order valence-corrected chi connectivity index (χ0v) is 12.4. The average molecular weight is 364 g/mol. The summed E-state index contributed by atoms with van der Waals surface area (Å²) in [4.78, 5) is 25.6. The first-order valence-corrected chi connectivity index (χ1v) is 7.36. The Kier molecular flexibility index (Phi) is 4.03. The molecule has 0 aromatic carbocycles. The molecule has 6 heteroatoms. The van der Waals surface area contributed by atoms with Gasteiger partial charge in [0.2, 0.25) is 5.91 Å². The lowest BCUT2D eigenvalue weighted by Gasteiger charge is -2.22. The van der Waals surface area contributed by atoms with Gasteiger partial charge >= 0.3 is 0 Å². The van der Waals surface area contributed by atoms with Crippen LogP contribution < -0.4 is 5.32 Å². The van der Waals surface area contributed by atoms with E-state index in [9.17, 15) is 9.59 Å². The largest absolute Gasteiger partial charge is 0.357 e. The van der Waals surface area contributed by atoms with Crippen LogP contribution in [0.4, 0.5) is 0 Å². The van der Waals surface area contributed by atoms with Gasteiger partial charge in [0, 0.05) is 19.0 Å². The van der Waals surface area contributed by atoms with Gasteiger partial charge in [-0.3, -0.25) is 9.59 Å². The summed E-state index contributed by atoms with van der Waals surface area (Å²) < 4.78 is 1.08. The third-order valence-corrected chi connectivity index (χ3v) is 4.67. The van der Waals surface area contributed by atoms with E-state index in [1.54, 1.807) is 23.3 Å². The molecule has 1 N–H and O–H groups in total. The Balaban J connectivity index is 2.16. The lowest BCUT2D eigenvalue weighted by molar-refractivity contribution is -0.124. The van der Waals surface area contributed by atoms with Crippen molar-refractivity contribution >= 4 is 45.7 Å². The van der Waals surface area contributed by atoms with Crippen LogP contribution in [0.15, 0.2) is 11.4 Å². The fourth-order valence-electron chi connectivity index (χ4n) is 2.04. The van der Waals surface area contributed by atoms with Crippen molar-refractivity contribution in [1.29, 1.82) is 0 Å². The Labute approximate surface area is 118 Å². The van der Waals surface area contributed by atoms with Gasteiger partial charge in [0.05, 0.1) is 8.45 Å². The van der Waals surface area contributed by atoms with Crippen LogP contribution >= 0.6 is 33.9 Å². The molecule has 1 aromatic rings. The van der Waals surface area contributed by atoms with Gasteiger partial charge in [0.1, 0.15) is 6.04 Å². The quantitative estimate of drug-likeness (QED) is 0.813. The number of amides is 2. The highest BCUT2D eigenvalue weighted by Gasteiger charge is 2.34. The maximum Gasteiger partial charge on any atom is 0.255 e. The summed E-state index contributed by atoms with van der Waals surface area (Å²) in [6.45, 7) is 0.670. The second-order valence-corrected chi connectivity index (χ2v) is 6.72. The number of rotatable bonds is 2. The van der Waals surface area contributed by atoms with Crippen LogP contribution in [0.1, 0.15) is 23.2 Å². The lowest BCUT2D eigenvalue weighted by Crippen LogP contribution is -2.44. The van der Waals surface area contributed by atoms with Crippen LogP contribution in [-0.2, 0) is 4.79 Å². The minimum atomic E-state index is -0.301. The average Bonchev–Trinajstić information content (AvgIpc) is 2.95. The van der Waals surface area contributed by atoms with Gasteiger partial charge in [0.25, 0.3) is 5.91 Å². The molecule has 0 spiro atoms. The van der Waals surface area contributed by atoms with Crippen molar-refractivity contribution in [3.8, 4) is 0 Å². The number of nitrogens with zero attached hydrogens (tertiary/aromatic N) is 1. The van der Waals surface area contributed by atoms with E-state index >= 15 is 0 Å². The van der Waals surface area contributed by atoms with Crippen molar-refractivity contribution in [1.82, 2.24) is 10.2 Å². The lowest BCUT2D eigenvalue weighted by atomic mass is 10.2. The number of thiophene rings is 1. The molecule has 2 amide bonds. The maximum absolute atomic E-state index is 12.2. The summed E-state index contributed by atoms with van der Waals surface area (Å²) in [7, 11) is 1.61. The molecule has 1 aliphatic heterocycles. The molecule has 0 radical (unpaired) electrons. The van der Waals surface area contributed by atoms with Crippen molar-refractivity contribution in [2.75, 3.05) is 13.6 Å². The molecule has 1 aliphatic rings. The SMILES string of the molecule is CNC(=O)C1CCCN1C(=O)c1csc(I)c1. The predicted molar refractivity (Wildman–Crippen MR) is 75.2 cm³/mol. The molecule has 0 saturated carbocycles. The minimum absolute atomic E-state index is 0.0322. The highest BCUT2D eigenvalue weighted by Crippen LogP contribution is 2.23. The molecule has 1 atom stereocenters. The standard InChI is InChI=1S/C11H13IN2O2S/c1-13-10(15)8-3-2-4-14(8)11(16)7-5-9(12)17-6-7/h5-6,8H,2-4H2,1H3,(H,13,15). The fourth-order valence-corrected chi connectivity index (χ4v) is 3.36. The maximum atomic E-state index is 12.2. The number of carbonyl (C=O) groups excluding carboxylic acids is 2. The molecule has 2 heterocycles. The van der Waals surface area contributed by atoms with Gasteiger partial charge in [-0.25, -0.2) is 0 Å². The van der Waals surface area contributed by atoms with Crippen LogP contribution in [0.5, 0.6) is 0 Å². The van der Waals surface area contributed by atoms with Crippen LogP contribution in [0.3, 0.4) is 0 Å². The van der Waals surface area contributed by atoms with Crippen molar-refractivity contribution in [2.24, 2.45) is 0 Å². The summed E-state index contributed by atoms with van der Waals surface area (Å²) >= 11 is 3.74. The normalized spacial score (nSPS) is 19.4. The highest BCUT2D eigenvalue weighted by molar-refractivity contribution is 14.1. The Morgan fingerprint density at radius 2 is 2.35 bits per heavy atom. The van der Waals surface area contributed by atoms with Crippen molar-refractivity contribution in [3.05, 3.63) is 19.9 Å². The molecule has 2 rings (SSSR count). The zero-order chi connectivity index (χ0) is 12.4. The molecule has 0 aliphatic carbocycles. The van der Waals surface area contributed by atoms with Crippen LogP contribution in [0, 0.1) is 2.88 Å². The Morgan fingerprint density at radius 3 is 2.94 bits per heavy atom. The highest BCUT2D eigenvalue weighted by atomic mass is 127. The molecular weight excluding hydrogens is 351 g/mol. The molecule has 1 fully saturated rings. The van der Waals surface area contributed by atoms with Gasteiger partial charge in [-0.2, -0.15) is 0 Å². The zero-order valence-electron chi connectivity index (χ0n) is 9.40. The summed E-state index contributed by atoms with van der Waals surface area (Å²) in [5, 5.41) is 4.47. The first-order valence-electron chi connectivity index (χ1n) is 5.40. The third-order valence-electron chi connectivity index (χ3n) is 2.88. The van der Waals surface area contributed by atoms with Crippen molar-refractivity contribution < 1.29 is 9.59 Å². The van der Waals surface area contributed by atoms with Gasteiger partial charge in [-0.15, -0.1) is 11.3 Å². The van der Waals surface area contributed by atoms with E-state index in [-0.39, 0.29) is 17.9 Å². The van der Waals surface area contributed by atoms with Crippen LogP contribution in [-0.4, -0.2) is 36.3 Å². The molecule has 0 bridgehead atoms.